The van der Waals surface area contributed by atoms with Gasteiger partial charge in [0.1, 0.15) is 0 Å². The predicted molar refractivity (Wildman–Crippen MR) is 84.2 cm³/mol. The molecule has 2 amide bonds. The van der Waals surface area contributed by atoms with Crippen LogP contribution in [0.15, 0.2) is 29.4 Å². The summed E-state index contributed by atoms with van der Waals surface area (Å²) < 4.78 is 0. The van der Waals surface area contributed by atoms with Crippen molar-refractivity contribution in [3.8, 4) is 0 Å². The molecule has 1 fully saturated rings. The molecule has 0 saturated carbocycles. The number of hydrazone groups is 1. The van der Waals surface area contributed by atoms with Crippen molar-refractivity contribution in [1.82, 2.24) is 10.3 Å². The third-order valence-corrected chi connectivity index (χ3v) is 3.62. The highest BCUT2D eigenvalue weighted by Crippen LogP contribution is 2.09. The Hall–Kier alpha value is -2.70. The number of carbonyl (C=O) groups excluding carboxylic acids is 2. The van der Waals surface area contributed by atoms with E-state index >= 15 is 0 Å². The molecule has 7 heteroatoms. The van der Waals surface area contributed by atoms with Crippen molar-refractivity contribution in [3.63, 3.8) is 0 Å². The predicted octanol–water partition coefficient (Wildman–Crippen LogP) is 1.24. The van der Waals surface area contributed by atoms with Crippen molar-refractivity contribution in [2.75, 3.05) is 13.1 Å². The molecule has 1 aliphatic rings. The average molecular weight is 317 g/mol. The number of amides is 2. The zero-order valence-corrected chi connectivity index (χ0v) is 12.7. The summed E-state index contributed by atoms with van der Waals surface area (Å²) in [6.07, 6.45) is 5.35. The molecule has 0 bridgehead atoms. The molecule has 7 nitrogen and oxygen atoms in total. The Labute approximate surface area is 134 Å². The maximum absolute atomic E-state index is 12.0. The lowest BCUT2D eigenvalue weighted by Gasteiger charge is -2.18. The molecule has 122 valence electrons. The Bertz CT molecular complexity index is 602. The normalized spacial score (nSPS) is 15.2. The van der Waals surface area contributed by atoms with Gasteiger partial charge in [-0.1, -0.05) is 25.0 Å². The minimum Gasteiger partial charge on any atom is -0.478 e. The minimum atomic E-state index is -1.01. The minimum absolute atomic E-state index is 0.169. The number of hydrogen-bond acceptors (Lipinski definition) is 4. The van der Waals surface area contributed by atoms with Gasteiger partial charge in [0.25, 0.3) is 0 Å². The molecule has 0 atom stereocenters. The number of nitrogens with zero attached hydrogens (tertiary/aromatic N) is 2. The van der Waals surface area contributed by atoms with Crippen molar-refractivity contribution < 1.29 is 19.5 Å². The van der Waals surface area contributed by atoms with Gasteiger partial charge in [-0.05, 0) is 30.5 Å². The Morgan fingerprint density at radius 2 is 1.65 bits per heavy atom. The molecule has 0 spiro atoms. The number of nitrogens with one attached hydrogen (secondary N) is 1. The van der Waals surface area contributed by atoms with Crippen LogP contribution >= 0.6 is 0 Å². The van der Waals surface area contributed by atoms with E-state index in [0.29, 0.717) is 18.7 Å². The lowest BCUT2D eigenvalue weighted by atomic mass is 10.1. The Morgan fingerprint density at radius 3 is 2.22 bits per heavy atom. The molecule has 1 saturated heterocycles. The average Bonchev–Trinajstić information content (AvgIpc) is 2.83. The van der Waals surface area contributed by atoms with E-state index in [-0.39, 0.29) is 5.56 Å². The van der Waals surface area contributed by atoms with Crippen molar-refractivity contribution in [1.29, 1.82) is 0 Å². The Balaban J connectivity index is 1.87. The topological polar surface area (TPSA) is 99.1 Å². The molecule has 23 heavy (non-hydrogen) atoms. The second kappa shape index (κ2) is 8.07. The number of rotatable bonds is 3. The summed E-state index contributed by atoms with van der Waals surface area (Å²) >= 11 is 0. The summed E-state index contributed by atoms with van der Waals surface area (Å²) in [7, 11) is 0. The fourth-order valence-electron chi connectivity index (χ4n) is 2.34. The molecule has 1 aromatic carbocycles. The summed E-state index contributed by atoms with van der Waals surface area (Å²) in [5.74, 6) is -2.33. The first-order valence-corrected chi connectivity index (χ1v) is 7.53. The van der Waals surface area contributed by atoms with E-state index in [1.807, 2.05) is 0 Å². The second-order valence-corrected chi connectivity index (χ2v) is 5.33. The van der Waals surface area contributed by atoms with E-state index in [1.54, 1.807) is 17.0 Å². The van der Waals surface area contributed by atoms with Crippen LogP contribution in [0.3, 0.4) is 0 Å². The van der Waals surface area contributed by atoms with E-state index in [4.69, 9.17) is 5.11 Å². The van der Waals surface area contributed by atoms with Crippen molar-refractivity contribution in [3.05, 3.63) is 35.4 Å². The third-order valence-electron chi connectivity index (χ3n) is 3.62. The molecular weight excluding hydrogens is 298 g/mol. The molecule has 0 aromatic heterocycles. The van der Waals surface area contributed by atoms with Crippen LogP contribution in [0.25, 0.3) is 0 Å². The molecule has 0 aliphatic carbocycles. The van der Waals surface area contributed by atoms with Crippen molar-refractivity contribution >= 4 is 24.0 Å². The van der Waals surface area contributed by atoms with E-state index in [2.05, 4.69) is 10.5 Å². The Morgan fingerprint density at radius 1 is 1.04 bits per heavy atom. The SMILES string of the molecule is O=C(N/N=C\c1ccc(C(=O)O)cc1)C(=O)N1CCCCCC1. The van der Waals surface area contributed by atoms with Crippen LogP contribution in [-0.2, 0) is 9.59 Å². The van der Waals surface area contributed by atoms with Crippen LogP contribution < -0.4 is 5.43 Å². The van der Waals surface area contributed by atoms with Gasteiger partial charge in [0.05, 0.1) is 11.8 Å². The van der Waals surface area contributed by atoms with Crippen molar-refractivity contribution in [2.45, 2.75) is 25.7 Å². The van der Waals surface area contributed by atoms with Gasteiger partial charge in [-0.15, -0.1) is 0 Å². The molecule has 0 radical (unpaired) electrons. The molecule has 1 aromatic rings. The first-order chi connectivity index (χ1) is 11.1. The standard InChI is InChI=1S/C16H19N3O4/c20-14(15(21)19-9-3-1-2-4-10-19)18-17-11-12-5-7-13(8-6-12)16(22)23/h5-8,11H,1-4,9-10H2,(H,18,20)(H,22,23)/b17-11-. The van der Waals surface area contributed by atoms with Gasteiger partial charge < -0.3 is 10.0 Å². The number of benzene rings is 1. The molecule has 2 rings (SSSR count). The van der Waals surface area contributed by atoms with Gasteiger partial charge in [0, 0.05) is 13.1 Å². The number of likely N-dealkylation sites (tertiary alicyclic amines) is 1. The highest BCUT2D eigenvalue weighted by Gasteiger charge is 2.22. The van der Waals surface area contributed by atoms with Crippen LogP contribution in [-0.4, -0.2) is 47.1 Å². The zero-order valence-electron chi connectivity index (χ0n) is 12.7. The first-order valence-electron chi connectivity index (χ1n) is 7.53. The number of aromatic carboxylic acids is 1. The smallest absolute Gasteiger partial charge is 0.335 e. The van der Waals surface area contributed by atoms with Gasteiger partial charge in [-0.3, -0.25) is 9.59 Å². The summed E-state index contributed by atoms with van der Waals surface area (Å²) in [4.78, 5) is 36.1. The van der Waals surface area contributed by atoms with Gasteiger partial charge in [-0.2, -0.15) is 5.10 Å². The van der Waals surface area contributed by atoms with Gasteiger partial charge >= 0.3 is 17.8 Å². The Kier molecular flexibility index (Phi) is 5.85. The summed E-state index contributed by atoms with van der Waals surface area (Å²) in [6, 6.07) is 6.01. The number of carboxylic acids is 1. The first kappa shape index (κ1) is 16.7. The highest BCUT2D eigenvalue weighted by atomic mass is 16.4. The van der Waals surface area contributed by atoms with Gasteiger partial charge in [0.15, 0.2) is 0 Å². The van der Waals surface area contributed by atoms with E-state index in [1.165, 1.54) is 18.3 Å². The lowest BCUT2D eigenvalue weighted by Crippen LogP contribution is -2.41. The maximum atomic E-state index is 12.0. The van der Waals surface area contributed by atoms with Crippen LogP contribution in [0.4, 0.5) is 0 Å². The third kappa shape index (κ3) is 4.91. The maximum Gasteiger partial charge on any atom is 0.335 e. The monoisotopic (exact) mass is 317 g/mol. The van der Waals surface area contributed by atoms with Crippen LogP contribution in [0, 0.1) is 0 Å². The number of hydrogen-bond donors (Lipinski definition) is 2. The van der Waals surface area contributed by atoms with E-state index in [0.717, 1.165) is 25.7 Å². The summed E-state index contributed by atoms with van der Waals surface area (Å²) in [5.41, 5.74) is 3.00. The second-order valence-electron chi connectivity index (χ2n) is 5.33. The lowest BCUT2D eigenvalue weighted by molar-refractivity contribution is -0.145. The molecule has 1 heterocycles. The number of carbonyl (C=O) groups is 3. The zero-order chi connectivity index (χ0) is 16.7. The summed E-state index contributed by atoms with van der Waals surface area (Å²) in [5, 5.41) is 12.5. The molecule has 2 N–H and O–H groups in total. The quantitative estimate of drug-likeness (QED) is 0.498. The summed E-state index contributed by atoms with van der Waals surface area (Å²) in [6.45, 7) is 1.21. The van der Waals surface area contributed by atoms with Gasteiger partial charge in [0.2, 0.25) is 0 Å². The van der Waals surface area contributed by atoms with Crippen LogP contribution in [0.1, 0.15) is 41.6 Å². The van der Waals surface area contributed by atoms with Crippen molar-refractivity contribution in [2.24, 2.45) is 5.10 Å². The molecule has 1 aliphatic heterocycles. The fourth-order valence-corrected chi connectivity index (χ4v) is 2.34. The number of carboxylic acid groups (broad SMARTS) is 1. The largest absolute Gasteiger partial charge is 0.478 e. The molecular formula is C16H19N3O4. The highest BCUT2D eigenvalue weighted by molar-refractivity contribution is 6.35. The van der Waals surface area contributed by atoms with Crippen LogP contribution in [0.5, 0.6) is 0 Å². The molecule has 0 unspecified atom stereocenters. The van der Waals surface area contributed by atoms with E-state index in [9.17, 15) is 14.4 Å². The van der Waals surface area contributed by atoms with Gasteiger partial charge in [-0.25, -0.2) is 10.2 Å². The van der Waals surface area contributed by atoms with E-state index < -0.39 is 17.8 Å². The van der Waals surface area contributed by atoms with Crippen LogP contribution in [0.2, 0.25) is 0 Å². The fraction of sp³-hybridized carbons (Fsp3) is 0.375.